The number of para-hydroxylation sites is 1. The van der Waals surface area contributed by atoms with Crippen LogP contribution in [-0.2, 0) is 0 Å². The van der Waals surface area contributed by atoms with E-state index in [2.05, 4.69) is 18.7 Å². The fourth-order valence-corrected chi connectivity index (χ4v) is 2.87. The lowest BCUT2D eigenvalue weighted by molar-refractivity contribution is -0.385. The largest absolute Gasteiger partial charge is 0.452 e. The number of carbonyl (C=O) groups excluding carboxylic acids is 1. The lowest BCUT2D eigenvalue weighted by atomic mass is 10.1. The van der Waals surface area contributed by atoms with Crippen molar-refractivity contribution in [2.45, 2.75) is 13.8 Å². The van der Waals surface area contributed by atoms with Crippen molar-refractivity contribution in [1.29, 1.82) is 0 Å². The number of fused-ring (bicyclic) bond motifs is 1. The van der Waals surface area contributed by atoms with E-state index in [4.69, 9.17) is 4.42 Å². The summed E-state index contributed by atoms with van der Waals surface area (Å²) in [4.78, 5) is 25.4. The zero-order valence-corrected chi connectivity index (χ0v) is 14.1. The molecule has 3 aromatic rings. The van der Waals surface area contributed by atoms with E-state index in [1.54, 1.807) is 12.1 Å². The summed E-state index contributed by atoms with van der Waals surface area (Å²) in [6, 6.07) is 13.3. The molecule has 6 heteroatoms. The van der Waals surface area contributed by atoms with Crippen LogP contribution in [0.2, 0.25) is 0 Å². The van der Waals surface area contributed by atoms with Gasteiger partial charge in [0.05, 0.1) is 4.92 Å². The monoisotopic (exact) mass is 338 g/mol. The van der Waals surface area contributed by atoms with Crippen molar-refractivity contribution in [1.82, 2.24) is 0 Å². The Morgan fingerprint density at radius 1 is 1.12 bits per heavy atom. The van der Waals surface area contributed by atoms with E-state index < -0.39 is 10.7 Å². The van der Waals surface area contributed by atoms with Crippen LogP contribution in [0.4, 0.5) is 11.4 Å². The number of anilines is 1. The fraction of sp³-hybridized carbons (Fsp3) is 0.211. The first-order valence-corrected chi connectivity index (χ1v) is 8.11. The number of rotatable bonds is 6. The Labute approximate surface area is 144 Å². The number of hydrogen-bond donors (Lipinski definition) is 0. The molecule has 1 heterocycles. The molecule has 1 aromatic heterocycles. The van der Waals surface area contributed by atoms with E-state index in [1.165, 1.54) is 18.2 Å². The minimum Gasteiger partial charge on any atom is -0.452 e. The topological polar surface area (TPSA) is 76.6 Å². The standard InChI is InChI=1S/C19H18N2O4/c1-3-20(4-2)14-10-9-13-11-18(25-17(13)12-14)19(22)15-7-5-6-8-16(15)21(23)24/h5-12H,3-4H2,1-2H3. The number of hydrogen-bond acceptors (Lipinski definition) is 5. The predicted molar refractivity (Wildman–Crippen MR) is 96.3 cm³/mol. The highest BCUT2D eigenvalue weighted by atomic mass is 16.6. The molecule has 0 saturated carbocycles. The van der Waals surface area contributed by atoms with Crippen LogP contribution in [0.3, 0.4) is 0 Å². The Morgan fingerprint density at radius 3 is 2.52 bits per heavy atom. The molecular weight excluding hydrogens is 320 g/mol. The first-order valence-electron chi connectivity index (χ1n) is 8.11. The highest BCUT2D eigenvalue weighted by molar-refractivity contribution is 6.11. The zero-order chi connectivity index (χ0) is 18.0. The van der Waals surface area contributed by atoms with Crippen molar-refractivity contribution in [2.75, 3.05) is 18.0 Å². The van der Waals surface area contributed by atoms with E-state index in [-0.39, 0.29) is 17.0 Å². The second-order valence-electron chi connectivity index (χ2n) is 5.61. The number of benzene rings is 2. The van der Waals surface area contributed by atoms with Crippen molar-refractivity contribution in [3.05, 3.63) is 70.0 Å². The number of furan rings is 1. The van der Waals surface area contributed by atoms with Gasteiger partial charge in [0.1, 0.15) is 11.1 Å². The normalized spacial score (nSPS) is 10.8. The van der Waals surface area contributed by atoms with Gasteiger partial charge in [0.15, 0.2) is 5.76 Å². The number of nitrogens with zero attached hydrogens (tertiary/aromatic N) is 2. The van der Waals surface area contributed by atoms with E-state index in [0.717, 1.165) is 24.2 Å². The molecular formula is C19H18N2O4. The van der Waals surface area contributed by atoms with Gasteiger partial charge < -0.3 is 9.32 Å². The molecule has 0 spiro atoms. The Kier molecular flexibility index (Phi) is 4.52. The van der Waals surface area contributed by atoms with Crippen molar-refractivity contribution >= 4 is 28.1 Å². The Hall–Kier alpha value is -3.15. The van der Waals surface area contributed by atoms with Crippen LogP contribution in [0.25, 0.3) is 11.0 Å². The molecule has 0 unspecified atom stereocenters. The molecule has 0 aliphatic carbocycles. The summed E-state index contributed by atoms with van der Waals surface area (Å²) in [6.07, 6.45) is 0. The predicted octanol–water partition coefficient (Wildman–Crippen LogP) is 4.42. The molecule has 0 atom stereocenters. The van der Waals surface area contributed by atoms with Gasteiger partial charge in [-0.25, -0.2) is 0 Å². The maximum absolute atomic E-state index is 12.7. The minimum absolute atomic E-state index is 0.0236. The summed E-state index contributed by atoms with van der Waals surface area (Å²) in [5, 5.41) is 11.9. The van der Waals surface area contributed by atoms with Crippen molar-refractivity contribution in [3.63, 3.8) is 0 Å². The van der Waals surface area contributed by atoms with Gasteiger partial charge in [-0.1, -0.05) is 12.1 Å². The number of carbonyl (C=O) groups is 1. The molecule has 0 N–H and O–H groups in total. The SMILES string of the molecule is CCN(CC)c1ccc2cc(C(=O)c3ccccc3[N+](=O)[O-])oc2c1. The maximum atomic E-state index is 12.7. The molecule has 0 aliphatic rings. The maximum Gasteiger partial charge on any atom is 0.280 e. The quantitative estimate of drug-likeness (QED) is 0.378. The van der Waals surface area contributed by atoms with Gasteiger partial charge in [-0.2, -0.15) is 0 Å². The Bertz CT molecular complexity index is 942. The number of ketones is 1. The average Bonchev–Trinajstić information content (AvgIpc) is 3.05. The average molecular weight is 338 g/mol. The lowest BCUT2D eigenvalue weighted by Gasteiger charge is -2.20. The van der Waals surface area contributed by atoms with Crippen LogP contribution in [-0.4, -0.2) is 23.8 Å². The molecule has 6 nitrogen and oxygen atoms in total. The van der Waals surface area contributed by atoms with Crippen molar-refractivity contribution < 1.29 is 14.1 Å². The van der Waals surface area contributed by atoms with Gasteiger partial charge in [-0.3, -0.25) is 14.9 Å². The summed E-state index contributed by atoms with van der Waals surface area (Å²) < 4.78 is 5.70. The number of nitro groups is 1. The van der Waals surface area contributed by atoms with Crippen molar-refractivity contribution in [3.8, 4) is 0 Å². The summed E-state index contributed by atoms with van der Waals surface area (Å²) >= 11 is 0. The highest BCUT2D eigenvalue weighted by Crippen LogP contribution is 2.28. The second kappa shape index (κ2) is 6.76. The molecule has 2 aromatic carbocycles. The van der Waals surface area contributed by atoms with E-state index >= 15 is 0 Å². The molecule has 0 radical (unpaired) electrons. The van der Waals surface area contributed by atoms with Crippen molar-refractivity contribution in [2.24, 2.45) is 0 Å². The third-order valence-corrected chi connectivity index (χ3v) is 4.20. The number of nitro benzene ring substituents is 1. The lowest BCUT2D eigenvalue weighted by Crippen LogP contribution is -2.21. The van der Waals surface area contributed by atoms with Crippen LogP contribution in [0.5, 0.6) is 0 Å². The molecule has 0 aliphatic heterocycles. The van der Waals surface area contributed by atoms with Gasteiger partial charge in [-0.05, 0) is 38.1 Å². The smallest absolute Gasteiger partial charge is 0.280 e. The summed E-state index contributed by atoms with van der Waals surface area (Å²) in [5.41, 5.74) is 1.40. The van der Waals surface area contributed by atoms with Gasteiger partial charge in [0.2, 0.25) is 5.78 Å². The molecule has 128 valence electrons. The third-order valence-electron chi connectivity index (χ3n) is 4.20. The molecule has 3 rings (SSSR count). The van der Waals surface area contributed by atoms with Gasteiger partial charge in [-0.15, -0.1) is 0 Å². The second-order valence-corrected chi connectivity index (χ2v) is 5.61. The molecule has 25 heavy (non-hydrogen) atoms. The first-order chi connectivity index (χ1) is 12.0. The molecule has 0 amide bonds. The Balaban J connectivity index is 2.02. The van der Waals surface area contributed by atoms with Gasteiger partial charge >= 0.3 is 0 Å². The third kappa shape index (κ3) is 3.10. The molecule has 0 bridgehead atoms. The van der Waals surface area contributed by atoms with E-state index in [9.17, 15) is 14.9 Å². The summed E-state index contributed by atoms with van der Waals surface area (Å²) in [6.45, 7) is 5.87. The van der Waals surface area contributed by atoms with Crippen LogP contribution < -0.4 is 4.90 Å². The van der Waals surface area contributed by atoms with Crippen LogP contribution in [0, 0.1) is 10.1 Å². The summed E-state index contributed by atoms with van der Waals surface area (Å²) in [5.74, 6) is -0.395. The Morgan fingerprint density at radius 2 is 1.84 bits per heavy atom. The van der Waals surface area contributed by atoms with Gasteiger partial charge in [0.25, 0.3) is 5.69 Å². The van der Waals surface area contributed by atoms with Crippen LogP contribution >= 0.6 is 0 Å². The molecule has 0 fully saturated rings. The summed E-state index contributed by atoms with van der Waals surface area (Å²) in [7, 11) is 0. The first kappa shape index (κ1) is 16.7. The van der Waals surface area contributed by atoms with E-state index in [1.807, 2.05) is 18.2 Å². The van der Waals surface area contributed by atoms with Crippen LogP contribution in [0.1, 0.15) is 30.0 Å². The van der Waals surface area contributed by atoms with Crippen LogP contribution in [0.15, 0.2) is 52.9 Å². The van der Waals surface area contributed by atoms with Gasteiger partial charge in [0, 0.05) is 36.3 Å². The fourth-order valence-electron chi connectivity index (χ4n) is 2.87. The highest BCUT2D eigenvalue weighted by Gasteiger charge is 2.23. The minimum atomic E-state index is -0.561. The molecule has 0 saturated heterocycles. The zero-order valence-electron chi connectivity index (χ0n) is 14.1. The van der Waals surface area contributed by atoms with E-state index in [0.29, 0.717) is 5.58 Å².